The lowest BCUT2D eigenvalue weighted by Crippen LogP contribution is -2.13. The number of hydrogen-bond acceptors (Lipinski definition) is 1. The van der Waals surface area contributed by atoms with Gasteiger partial charge in [0.2, 0.25) is 0 Å². The van der Waals surface area contributed by atoms with Gasteiger partial charge in [0, 0.05) is 23.2 Å². The Bertz CT molecular complexity index is 673. The molecule has 1 aromatic carbocycles. The topological polar surface area (TPSA) is 22.0 Å². The predicted molar refractivity (Wildman–Crippen MR) is 66.2 cm³/mol. The number of halogens is 2. The molecular formula is C13H11ClFNO. The Balaban J connectivity index is 2.51. The van der Waals surface area contributed by atoms with Gasteiger partial charge >= 0.3 is 0 Å². The van der Waals surface area contributed by atoms with Crippen LogP contribution in [-0.2, 0) is 0 Å². The second-order valence-corrected chi connectivity index (χ2v) is 4.94. The fourth-order valence-electron chi connectivity index (χ4n) is 2.16. The Morgan fingerprint density at radius 3 is 2.76 bits per heavy atom. The number of benzene rings is 1. The summed E-state index contributed by atoms with van der Waals surface area (Å²) in [7, 11) is 0. The molecule has 0 radical (unpaired) electrons. The second-order valence-electron chi connectivity index (χ2n) is 4.54. The maximum absolute atomic E-state index is 14.1. The minimum atomic E-state index is -0.492. The van der Waals surface area contributed by atoms with Crippen molar-refractivity contribution in [3.63, 3.8) is 0 Å². The van der Waals surface area contributed by atoms with Crippen LogP contribution in [0.2, 0.25) is 5.02 Å². The third kappa shape index (κ3) is 1.57. The molecule has 3 rings (SSSR count). The Morgan fingerprint density at radius 2 is 2.12 bits per heavy atom. The molecule has 1 aliphatic rings. The van der Waals surface area contributed by atoms with Gasteiger partial charge in [-0.15, -0.1) is 0 Å². The highest BCUT2D eigenvalue weighted by Gasteiger charge is 2.26. The summed E-state index contributed by atoms with van der Waals surface area (Å²) in [6, 6.07) is 3.36. The SMILES string of the molecule is Cc1cn(C2CC2)c2c(F)c(Cl)ccc2c1=O. The minimum Gasteiger partial charge on any atom is -0.342 e. The second kappa shape index (κ2) is 3.57. The van der Waals surface area contributed by atoms with Crippen molar-refractivity contribution >= 4 is 22.5 Å². The van der Waals surface area contributed by atoms with E-state index in [2.05, 4.69) is 0 Å². The van der Waals surface area contributed by atoms with Crippen LogP contribution in [-0.4, -0.2) is 4.57 Å². The Labute approximate surface area is 103 Å². The van der Waals surface area contributed by atoms with Gasteiger partial charge in [0.25, 0.3) is 0 Å². The number of pyridine rings is 1. The minimum absolute atomic E-state index is 0.0650. The quantitative estimate of drug-likeness (QED) is 0.761. The molecule has 4 heteroatoms. The summed E-state index contributed by atoms with van der Waals surface area (Å²) in [5.74, 6) is -0.492. The molecule has 0 N–H and O–H groups in total. The van der Waals surface area contributed by atoms with E-state index in [1.807, 2.05) is 4.57 Å². The molecule has 0 unspecified atom stereocenters. The smallest absolute Gasteiger partial charge is 0.192 e. The standard InChI is InChI=1S/C13H11ClFNO/c1-7-6-16(8-2-3-8)12-9(13(7)17)4-5-10(14)11(12)15/h4-6,8H,2-3H2,1H3. The maximum Gasteiger partial charge on any atom is 0.192 e. The normalized spacial score (nSPS) is 15.5. The average molecular weight is 252 g/mol. The fraction of sp³-hybridized carbons (Fsp3) is 0.308. The highest BCUT2D eigenvalue weighted by molar-refractivity contribution is 6.31. The summed E-state index contributed by atoms with van der Waals surface area (Å²) in [6.07, 6.45) is 3.80. The monoisotopic (exact) mass is 251 g/mol. The van der Waals surface area contributed by atoms with Crippen LogP contribution in [0.15, 0.2) is 23.1 Å². The van der Waals surface area contributed by atoms with Crippen molar-refractivity contribution in [3.8, 4) is 0 Å². The molecule has 2 aromatic rings. The molecule has 1 aromatic heterocycles. The summed E-state index contributed by atoms with van der Waals surface area (Å²) < 4.78 is 15.9. The lowest BCUT2D eigenvalue weighted by atomic mass is 10.1. The molecule has 1 fully saturated rings. The lowest BCUT2D eigenvalue weighted by molar-refractivity contribution is 0.622. The highest BCUT2D eigenvalue weighted by Crippen LogP contribution is 2.38. The van der Waals surface area contributed by atoms with Gasteiger partial charge in [-0.1, -0.05) is 11.6 Å². The first-order valence-corrected chi connectivity index (χ1v) is 5.97. The van der Waals surface area contributed by atoms with Crippen LogP contribution in [0, 0.1) is 12.7 Å². The van der Waals surface area contributed by atoms with Gasteiger partial charge in [-0.2, -0.15) is 0 Å². The van der Waals surface area contributed by atoms with Crippen molar-refractivity contribution in [2.24, 2.45) is 0 Å². The number of nitrogens with zero attached hydrogens (tertiary/aromatic N) is 1. The zero-order valence-electron chi connectivity index (χ0n) is 9.34. The molecule has 0 amide bonds. The molecule has 0 atom stereocenters. The van der Waals surface area contributed by atoms with Crippen molar-refractivity contribution in [2.75, 3.05) is 0 Å². The van der Waals surface area contributed by atoms with E-state index >= 15 is 0 Å². The zero-order chi connectivity index (χ0) is 12.2. The predicted octanol–water partition coefficient (Wildman–Crippen LogP) is 3.44. The molecule has 0 bridgehead atoms. The molecule has 2 nitrogen and oxygen atoms in total. The Morgan fingerprint density at radius 1 is 1.41 bits per heavy atom. The third-order valence-corrected chi connectivity index (χ3v) is 3.49. The number of hydrogen-bond donors (Lipinski definition) is 0. The van der Waals surface area contributed by atoms with Crippen molar-refractivity contribution in [3.05, 3.63) is 45.0 Å². The van der Waals surface area contributed by atoms with Gasteiger partial charge in [-0.3, -0.25) is 4.79 Å². The first kappa shape index (κ1) is 10.8. The molecule has 1 heterocycles. The van der Waals surface area contributed by atoms with Gasteiger partial charge in [0.15, 0.2) is 11.2 Å². The van der Waals surface area contributed by atoms with Gasteiger partial charge in [-0.25, -0.2) is 4.39 Å². The van der Waals surface area contributed by atoms with E-state index in [-0.39, 0.29) is 10.5 Å². The number of aromatic nitrogens is 1. The Hall–Kier alpha value is -1.35. The van der Waals surface area contributed by atoms with Gasteiger partial charge in [-0.05, 0) is 31.9 Å². The lowest BCUT2D eigenvalue weighted by Gasteiger charge is -2.12. The van der Waals surface area contributed by atoms with E-state index in [4.69, 9.17) is 11.6 Å². The molecule has 17 heavy (non-hydrogen) atoms. The summed E-state index contributed by atoms with van der Waals surface area (Å²) in [5.41, 5.74) is 0.870. The van der Waals surface area contributed by atoms with Crippen molar-refractivity contribution in [1.29, 1.82) is 0 Å². The van der Waals surface area contributed by atoms with Crippen LogP contribution < -0.4 is 5.43 Å². The molecule has 88 valence electrons. The van der Waals surface area contributed by atoms with E-state index in [9.17, 15) is 9.18 Å². The van der Waals surface area contributed by atoms with Crippen molar-refractivity contribution < 1.29 is 4.39 Å². The highest BCUT2D eigenvalue weighted by atomic mass is 35.5. The average Bonchev–Trinajstić information content (AvgIpc) is 3.12. The van der Waals surface area contributed by atoms with E-state index in [1.165, 1.54) is 6.07 Å². The van der Waals surface area contributed by atoms with Crippen LogP contribution in [0.4, 0.5) is 4.39 Å². The van der Waals surface area contributed by atoms with Crippen LogP contribution in [0.1, 0.15) is 24.4 Å². The summed E-state index contributed by atoms with van der Waals surface area (Å²) in [5, 5.41) is 0.481. The van der Waals surface area contributed by atoms with E-state index in [1.54, 1.807) is 19.2 Å². The summed E-state index contributed by atoms with van der Waals surface area (Å²) >= 11 is 5.79. The van der Waals surface area contributed by atoms with Crippen molar-refractivity contribution in [2.45, 2.75) is 25.8 Å². The van der Waals surface area contributed by atoms with Crippen LogP contribution in [0.25, 0.3) is 10.9 Å². The molecule has 1 saturated carbocycles. The van der Waals surface area contributed by atoms with Crippen LogP contribution in [0.3, 0.4) is 0 Å². The number of fused-ring (bicyclic) bond motifs is 1. The van der Waals surface area contributed by atoms with Gasteiger partial charge < -0.3 is 4.57 Å². The third-order valence-electron chi connectivity index (χ3n) is 3.20. The zero-order valence-corrected chi connectivity index (χ0v) is 10.1. The van der Waals surface area contributed by atoms with Gasteiger partial charge in [0.1, 0.15) is 0 Å². The molecular weight excluding hydrogens is 241 g/mol. The number of rotatable bonds is 1. The fourth-order valence-corrected chi connectivity index (χ4v) is 2.31. The molecule has 0 aliphatic heterocycles. The molecule has 0 spiro atoms. The van der Waals surface area contributed by atoms with Crippen LogP contribution in [0.5, 0.6) is 0 Å². The number of aryl methyl sites for hydroxylation is 1. The van der Waals surface area contributed by atoms with E-state index < -0.39 is 5.82 Å². The van der Waals surface area contributed by atoms with E-state index in [0.29, 0.717) is 22.5 Å². The van der Waals surface area contributed by atoms with Crippen LogP contribution >= 0.6 is 11.6 Å². The maximum atomic E-state index is 14.1. The van der Waals surface area contributed by atoms with E-state index in [0.717, 1.165) is 12.8 Å². The first-order chi connectivity index (χ1) is 8.09. The molecule has 0 saturated heterocycles. The summed E-state index contributed by atoms with van der Waals surface area (Å²) in [6.45, 7) is 1.76. The molecule has 1 aliphatic carbocycles. The Kier molecular flexibility index (Phi) is 2.26. The van der Waals surface area contributed by atoms with Gasteiger partial charge in [0.05, 0.1) is 10.5 Å². The first-order valence-electron chi connectivity index (χ1n) is 5.59. The van der Waals surface area contributed by atoms with Crippen molar-refractivity contribution in [1.82, 2.24) is 4.57 Å². The summed E-state index contributed by atoms with van der Waals surface area (Å²) in [4.78, 5) is 12.0. The largest absolute Gasteiger partial charge is 0.342 e.